The molecule has 94 valence electrons. The molecular formula is C11H19N5O. The van der Waals surface area contributed by atoms with E-state index >= 15 is 0 Å². The SMILES string of the molecule is C[C@@H]1CNC[C@H]1c1nc(N2CCNCC2)no1. The zero-order valence-electron chi connectivity index (χ0n) is 10.1. The normalized spacial score (nSPS) is 29.8. The molecule has 1 aromatic rings. The average molecular weight is 237 g/mol. The zero-order chi connectivity index (χ0) is 11.7. The number of nitrogens with zero attached hydrogens (tertiary/aromatic N) is 3. The molecule has 0 saturated carbocycles. The van der Waals surface area contributed by atoms with Crippen molar-refractivity contribution in [2.75, 3.05) is 44.2 Å². The second kappa shape index (κ2) is 4.62. The lowest BCUT2D eigenvalue weighted by Gasteiger charge is -2.25. The third-order valence-corrected chi connectivity index (χ3v) is 3.67. The number of hydrogen-bond acceptors (Lipinski definition) is 6. The van der Waals surface area contributed by atoms with Crippen LogP contribution in [0.3, 0.4) is 0 Å². The van der Waals surface area contributed by atoms with Gasteiger partial charge < -0.3 is 20.1 Å². The van der Waals surface area contributed by atoms with Crippen LogP contribution in [0.25, 0.3) is 0 Å². The van der Waals surface area contributed by atoms with Crippen LogP contribution in [0.5, 0.6) is 0 Å². The molecule has 2 aliphatic rings. The van der Waals surface area contributed by atoms with Crippen LogP contribution in [-0.4, -0.2) is 49.4 Å². The summed E-state index contributed by atoms with van der Waals surface area (Å²) in [6, 6.07) is 0. The molecule has 0 aliphatic carbocycles. The molecule has 6 heteroatoms. The fraction of sp³-hybridized carbons (Fsp3) is 0.818. The van der Waals surface area contributed by atoms with Gasteiger partial charge in [-0.2, -0.15) is 4.98 Å². The summed E-state index contributed by atoms with van der Waals surface area (Å²) in [5, 5.41) is 10.8. The van der Waals surface area contributed by atoms with E-state index in [9.17, 15) is 0 Å². The summed E-state index contributed by atoms with van der Waals surface area (Å²) >= 11 is 0. The van der Waals surface area contributed by atoms with Crippen molar-refractivity contribution in [3.63, 3.8) is 0 Å². The highest BCUT2D eigenvalue weighted by atomic mass is 16.5. The van der Waals surface area contributed by atoms with Gasteiger partial charge in [-0.25, -0.2) is 0 Å². The van der Waals surface area contributed by atoms with Crippen molar-refractivity contribution in [1.29, 1.82) is 0 Å². The Balaban J connectivity index is 1.73. The van der Waals surface area contributed by atoms with Crippen molar-refractivity contribution >= 4 is 5.95 Å². The van der Waals surface area contributed by atoms with Gasteiger partial charge in [-0.05, 0) is 17.6 Å². The molecule has 2 aliphatic heterocycles. The summed E-state index contributed by atoms with van der Waals surface area (Å²) in [6.07, 6.45) is 0. The quantitative estimate of drug-likeness (QED) is 0.743. The van der Waals surface area contributed by atoms with Gasteiger partial charge in [-0.15, -0.1) is 0 Å². The number of hydrogen-bond donors (Lipinski definition) is 2. The zero-order valence-corrected chi connectivity index (χ0v) is 10.1. The molecule has 1 aromatic heterocycles. The predicted octanol–water partition coefficient (Wildman–Crippen LogP) is -0.198. The highest BCUT2D eigenvalue weighted by Gasteiger charge is 2.30. The van der Waals surface area contributed by atoms with Crippen molar-refractivity contribution in [3.05, 3.63) is 5.89 Å². The summed E-state index contributed by atoms with van der Waals surface area (Å²) < 4.78 is 5.41. The minimum absolute atomic E-state index is 0.374. The van der Waals surface area contributed by atoms with Gasteiger partial charge in [0.2, 0.25) is 5.89 Å². The van der Waals surface area contributed by atoms with Gasteiger partial charge in [-0.3, -0.25) is 0 Å². The molecule has 3 rings (SSSR count). The molecule has 17 heavy (non-hydrogen) atoms. The lowest BCUT2D eigenvalue weighted by atomic mass is 9.98. The smallest absolute Gasteiger partial charge is 0.266 e. The van der Waals surface area contributed by atoms with E-state index in [2.05, 4.69) is 32.6 Å². The highest BCUT2D eigenvalue weighted by Crippen LogP contribution is 2.27. The van der Waals surface area contributed by atoms with E-state index in [4.69, 9.17) is 4.52 Å². The molecule has 0 radical (unpaired) electrons. The lowest BCUT2D eigenvalue weighted by molar-refractivity contribution is 0.338. The van der Waals surface area contributed by atoms with E-state index in [0.29, 0.717) is 11.8 Å². The Labute approximate surface area is 101 Å². The average Bonchev–Trinajstić information content (AvgIpc) is 2.98. The second-order valence-corrected chi connectivity index (χ2v) is 4.91. The predicted molar refractivity (Wildman–Crippen MR) is 64.2 cm³/mol. The van der Waals surface area contributed by atoms with Gasteiger partial charge in [-0.1, -0.05) is 6.92 Å². The molecule has 3 heterocycles. The molecule has 2 N–H and O–H groups in total. The van der Waals surface area contributed by atoms with E-state index in [1.165, 1.54) is 0 Å². The first-order valence-corrected chi connectivity index (χ1v) is 6.34. The number of aromatic nitrogens is 2. The van der Waals surface area contributed by atoms with Crippen molar-refractivity contribution in [1.82, 2.24) is 20.8 Å². The van der Waals surface area contributed by atoms with Gasteiger partial charge in [0.1, 0.15) is 0 Å². The van der Waals surface area contributed by atoms with Crippen LogP contribution in [0, 0.1) is 5.92 Å². The Kier molecular flexibility index (Phi) is 2.98. The van der Waals surface area contributed by atoms with E-state index in [1.54, 1.807) is 0 Å². The molecule has 6 nitrogen and oxygen atoms in total. The molecule has 2 fully saturated rings. The van der Waals surface area contributed by atoms with Crippen LogP contribution in [0.2, 0.25) is 0 Å². The summed E-state index contributed by atoms with van der Waals surface area (Å²) in [4.78, 5) is 6.72. The van der Waals surface area contributed by atoms with Gasteiger partial charge >= 0.3 is 0 Å². The minimum atomic E-state index is 0.374. The number of piperazine rings is 1. The van der Waals surface area contributed by atoms with Crippen molar-refractivity contribution < 1.29 is 4.52 Å². The maximum Gasteiger partial charge on any atom is 0.266 e. The highest BCUT2D eigenvalue weighted by molar-refractivity contribution is 5.29. The van der Waals surface area contributed by atoms with Gasteiger partial charge in [0, 0.05) is 32.7 Å². The van der Waals surface area contributed by atoms with E-state index in [0.717, 1.165) is 51.1 Å². The first-order chi connectivity index (χ1) is 8.34. The largest absolute Gasteiger partial charge is 0.337 e. The van der Waals surface area contributed by atoms with E-state index < -0.39 is 0 Å². The lowest BCUT2D eigenvalue weighted by Crippen LogP contribution is -2.44. The van der Waals surface area contributed by atoms with Crippen molar-refractivity contribution in [3.8, 4) is 0 Å². The molecule has 0 amide bonds. The number of nitrogens with one attached hydrogen (secondary N) is 2. The van der Waals surface area contributed by atoms with E-state index in [-0.39, 0.29) is 0 Å². The minimum Gasteiger partial charge on any atom is -0.337 e. The van der Waals surface area contributed by atoms with Crippen LogP contribution in [-0.2, 0) is 0 Å². The van der Waals surface area contributed by atoms with Crippen molar-refractivity contribution in [2.24, 2.45) is 5.92 Å². The molecule has 2 atom stereocenters. The number of rotatable bonds is 2. The summed E-state index contributed by atoms with van der Waals surface area (Å²) in [5.74, 6) is 2.49. The molecule has 2 saturated heterocycles. The van der Waals surface area contributed by atoms with Crippen LogP contribution >= 0.6 is 0 Å². The second-order valence-electron chi connectivity index (χ2n) is 4.91. The fourth-order valence-electron chi connectivity index (χ4n) is 2.51. The Morgan fingerprint density at radius 3 is 2.76 bits per heavy atom. The first-order valence-electron chi connectivity index (χ1n) is 6.34. The third kappa shape index (κ3) is 2.14. The maximum absolute atomic E-state index is 5.41. The Hall–Kier alpha value is -1.14. The standard InChI is InChI=1S/C11H19N5O/c1-8-6-13-7-9(8)10-14-11(15-17-10)16-4-2-12-3-5-16/h8-9,12-13H,2-7H2,1H3/t8-,9-/m1/s1. The summed E-state index contributed by atoms with van der Waals surface area (Å²) in [5.41, 5.74) is 0. The molecule has 0 bridgehead atoms. The topological polar surface area (TPSA) is 66.2 Å². The molecule has 0 spiro atoms. The first kappa shape index (κ1) is 11.0. The van der Waals surface area contributed by atoms with Crippen molar-refractivity contribution in [2.45, 2.75) is 12.8 Å². The monoisotopic (exact) mass is 237 g/mol. The summed E-state index contributed by atoms with van der Waals surface area (Å²) in [6.45, 7) is 8.10. The number of anilines is 1. The van der Waals surface area contributed by atoms with Crippen LogP contribution in [0.4, 0.5) is 5.95 Å². The van der Waals surface area contributed by atoms with Crippen LogP contribution in [0.15, 0.2) is 4.52 Å². The van der Waals surface area contributed by atoms with E-state index in [1.807, 2.05) is 0 Å². The van der Waals surface area contributed by atoms with Gasteiger partial charge in [0.05, 0.1) is 5.92 Å². The molecule has 0 aromatic carbocycles. The fourth-order valence-corrected chi connectivity index (χ4v) is 2.51. The Bertz CT molecular complexity index is 374. The molecular weight excluding hydrogens is 218 g/mol. The van der Waals surface area contributed by atoms with Crippen LogP contribution < -0.4 is 15.5 Å². The Morgan fingerprint density at radius 2 is 2.06 bits per heavy atom. The van der Waals surface area contributed by atoms with Gasteiger partial charge in [0.15, 0.2) is 0 Å². The molecule has 0 unspecified atom stereocenters. The van der Waals surface area contributed by atoms with Crippen LogP contribution in [0.1, 0.15) is 18.7 Å². The van der Waals surface area contributed by atoms with Gasteiger partial charge in [0.25, 0.3) is 5.95 Å². The maximum atomic E-state index is 5.41. The summed E-state index contributed by atoms with van der Waals surface area (Å²) in [7, 11) is 0. The Morgan fingerprint density at radius 1 is 1.24 bits per heavy atom. The third-order valence-electron chi connectivity index (χ3n) is 3.67.